The molecule has 7 nitrogen and oxygen atoms in total. The first-order valence-corrected chi connectivity index (χ1v) is 10.5. The maximum atomic E-state index is 13.0. The van der Waals surface area contributed by atoms with Crippen molar-refractivity contribution in [2.24, 2.45) is 5.92 Å². The van der Waals surface area contributed by atoms with Crippen LogP contribution in [0.15, 0.2) is 59.5 Å². The van der Waals surface area contributed by atoms with Crippen molar-refractivity contribution in [2.75, 3.05) is 6.54 Å². The number of nitrogens with one attached hydrogen (secondary N) is 1. The van der Waals surface area contributed by atoms with Crippen molar-refractivity contribution in [3.63, 3.8) is 0 Å². The Bertz CT molecular complexity index is 884. The van der Waals surface area contributed by atoms with Crippen LogP contribution >= 0.6 is 0 Å². The van der Waals surface area contributed by atoms with E-state index >= 15 is 0 Å². The molecule has 28 heavy (non-hydrogen) atoms. The molecule has 2 aromatic carbocycles. The number of sulfone groups is 1. The summed E-state index contributed by atoms with van der Waals surface area (Å²) in [6.07, 6.45) is 1.44. The zero-order valence-electron chi connectivity index (χ0n) is 15.9. The molecule has 0 heterocycles. The lowest BCUT2D eigenvalue weighted by atomic mass is 10.1. The van der Waals surface area contributed by atoms with Crippen molar-refractivity contribution in [1.29, 1.82) is 0 Å². The Morgan fingerprint density at radius 2 is 1.82 bits per heavy atom. The first kappa shape index (κ1) is 22.0. The molecule has 2 N–H and O–H groups in total. The molecule has 0 saturated heterocycles. The number of benzene rings is 2. The molecule has 0 aliphatic carbocycles. The third kappa shape index (κ3) is 5.85. The van der Waals surface area contributed by atoms with Gasteiger partial charge in [-0.15, -0.1) is 0 Å². The van der Waals surface area contributed by atoms with Gasteiger partial charge in [0, 0.05) is 18.7 Å². The predicted octanol–water partition coefficient (Wildman–Crippen LogP) is 2.75. The zero-order chi connectivity index (χ0) is 20.7. The van der Waals surface area contributed by atoms with Crippen molar-refractivity contribution in [1.82, 2.24) is 5.32 Å². The van der Waals surface area contributed by atoms with Gasteiger partial charge in [0.15, 0.2) is 9.84 Å². The van der Waals surface area contributed by atoms with Crippen LogP contribution in [0, 0.1) is 22.5 Å². The fraction of sp³-hybridized carbons (Fsp3) is 0.350. The van der Waals surface area contributed by atoms with Crippen molar-refractivity contribution in [3.8, 4) is 0 Å². The maximum Gasteiger partial charge on any atom is 0.270 e. The lowest BCUT2D eigenvalue weighted by Crippen LogP contribution is -2.44. The van der Waals surface area contributed by atoms with E-state index < -0.39 is 26.2 Å². The lowest BCUT2D eigenvalue weighted by Gasteiger charge is -2.24. The van der Waals surface area contributed by atoms with Gasteiger partial charge in [-0.1, -0.05) is 50.2 Å². The van der Waals surface area contributed by atoms with Crippen LogP contribution in [0.1, 0.15) is 19.4 Å². The molecule has 0 bridgehead atoms. The van der Waals surface area contributed by atoms with Crippen LogP contribution in [-0.4, -0.2) is 36.5 Å². The summed E-state index contributed by atoms with van der Waals surface area (Å²) in [5, 5.41) is 23.1. The number of hydrogen-bond donors (Lipinski definition) is 2. The van der Waals surface area contributed by atoms with Crippen LogP contribution in [-0.2, 0) is 16.3 Å². The van der Waals surface area contributed by atoms with Gasteiger partial charge < -0.3 is 5.11 Å². The molecule has 0 saturated carbocycles. The molecule has 1 radical (unpaired) electrons. The van der Waals surface area contributed by atoms with Gasteiger partial charge in [-0.25, -0.2) is 8.42 Å². The number of nitro benzene ring substituents is 1. The molecule has 0 aliphatic rings. The van der Waals surface area contributed by atoms with E-state index in [0.29, 0.717) is 6.42 Å². The molecule has 8 heteroatoms. The molecular formula is C20H25N2O5S. The molecule has 151 valence electrons. The van der Waals surface area contributed by atoms with E-state index in [2.05, 4.69) is 5.32 Å². The normalized spacial score (nSPS) is 14.0. The van der Waals surface area contributed by atoms with Crippen molar-refractivity contribution in [3.05, 3.63) is 76.7 Å². The SMILES string of the molecule is CC(C)[C@@H](NC[C@H](O)[CH]Cc1ccccc1)S(=O)(=O)c1cccc([N+](=O)[O-])c1. The Kier molecular flexibility index (Phi) is 7.68. The van der Waals surface area contributed by atoms with Crippen LogP contribution in [0.4, 0.5) is 5.69 Å². The summed E-state index contributed by atoms with van der Waals surface area (Å²) in [4.78, 5) is 10.2. The number of rotatable bonds is 10. The van der Waals surface area contributed by atoms with Crippen LogP contribution in [0.2, 0.25) is 0 Å². The molecule has 2 aromatic rings. The largest absolute Gasteiger partial charge is 0.391 e. The minimum Gasteiger partial charge on any atom is -0.391 e. The van der Waals surface area contributed by atoms with Gasteiger partial charge >= 0.3 is 0 Å². The molecule has 0 amide bonds. The lowest BCUT2D eigenvalue weighted by molar-refractivity contribution is -0.385. The Morgan fingerprint density at radius 1 is 1.14 bits per heavy atom. The number of aliphatic hydroxyl groups excluding tert-OH is 1. The van der Waals surface area contributed by atoms with Crippen molar-refractivity contribution < 1.29 is 18.4 Å². The average Bonchev–Trinajstić information content (AvgIpc) is 2.67. The highest BCUT2D eigenvalue weighted by Gasteiger charge is 2.31. The van der Waals surface area contributed by atoms with E-state index in [9.17, 15) is 23.6 Å². The van der Waals surface area contributed by atoms with Gasteiger partial charge in [0.25, 0.3) is 5.69 Å². The van der Waals surface area contributed by atoms with Gasteiger partial charge in [-0.05, 0) is 30.4 Å². The molecule has 0 aromatic heterocycles. The van der Waals surface area contributed by atoms with E-state index in [0.717, 1.165) is 11.6 Å². The number of aliphatic hydroxyl groups is 1. The number of nitro groups is 1. The second kappa shape index (κ2) is 9.77. The van der Waals surface area contributed by atoms with E-state index in [1.807, 2.05) is 30.3 Å². The summed E-state index contributed by atoms with van der Waals surface area (Å²) in [6, 6.07) is 14.6. The summed E-state index contributed by atoms with van der Waals surface area (Å²) < 4.78 is 25.9. The summed E-state index contributed by atoms with van der Waals surface area (Å²) in [5.74, 6) is -0.300. The second-order valence-electron chi connectivity index (χ2n) is 6.87. The molecule has 0 spiro atoms. The first-order chi connectivity index (χ1) is 13.2. The number of non-ortho nitro benzene ring substituents is 1. The standard InChI is InChI=1S/C20H25N2O5S/c1-15(2)20(21-14-18(23)12-11-16-7-4-3-5-8-16)28(26,27)19-10-6-9-17(13-19)22(24)25/h3-10,12-13,15,18,20-21,23H,11,14H2,1-2H3/t18-,20+/m1/s1. The van der Waals surface area contributed by atoms with Gasteiger partial charge in [0.1, 0.15) is 5.37 Å². The van der Waals surface area contributed by atoms with E-state index in [1.165, 1.54) is 18.2 Å². The Balaban J connectivity index is 2.05. The number of nitrogens with zero attached hydrogens (tertiary/aromatic N) is 1. The minimum atomic E-state index is -3.86. The predicted molar refractivity (Wildman–Crippen MR) is 107 cm³/mol. The van der Waals surface area contributed by atoms with E-state index in [-0.39, 0.29) is 23.0 Å². The average molecular weight is 405 g/mol. The van der Waals surface area contributed by atoms with Crippen LogP contribution in [0.3, 0.4) is 0 Å². The monoisotopic (exact) mass is 405 g/mol. The molecule has 0 aliphatic heterocycles. The van der Waals surface area contributed by atoms with Gasteiger partial charge in [-0.3, -0.25) is 15.4 Å². The Morgan fingerprint density at radius 3 is 2.43 bits per heavy atom. The minimum absolute atomic E-state index is 0.0594. The van der Waals surface area contributed by atoms with E-state index in [4.69, 9.17) is 0 Å². The fourth-order valence-electron chi connectivity index (χ4n) is 2.83. The number of hydrogen-bond acceptors (Lipinski definition) is 6. The Hall–Kier alpha value is -2.29. The summed E-state index contributed by atoms with van der Waals surface area (Å²) in [5.41, 5.74) is 0.769. The Labute approximate surface area is 165 Å². The molecule has 2 atom stereocenters. The molecule has 0 unspecified atom stereocenters. The summed E-state index contributed by atoms with van der Waals surface area (Å²) >= 11 is 0. The second-order valence-corrected chi connectivity index (χ2v) is 8.93. The molecular weight excluding hydrogens is 380 g/mol. The van der Waals surface area contributed by atoms with Gasteiger partial charge in [-0.2, -0.15) is 0 Å². The highest BCUT2D eigenvalue weighted by molar-refractivity contribution is 7.92. The highest BCUT2D eigenvalue weighted by atomic mass is 32.2. The fourth-order valence-corrected chi connectivity index (χ4v) is 4.71. The quantitative estimate of drug-likeness (QED) is 0.465. The van der Waals surface area contributed by atoms with Crippen LogP contribution in [0.25, 0.3) is 0 Å². The zero-order valence-corrected chi connectivity index (χ0v) is 16.7. The summed E-state index contributed by atoms with van der Waals surface area (Å²) in [6.45, 7) is 3.54. The van der Waals surface area contributed by atoms with Crippen LogP contribution < -0.4 is 5.32 Å². The third-order valence-corrected chi connectivity index (χ3v) is 6.58. The molecule has 2 rings (SSSR count). The summed E-state index contributed by atoms with van der Waals surface area (Å²) in [7, 11) is -3.86. The maximum absolute atomic E-state index is 13.0. The molecule has 0 fully saturated rings. The smallest absolute Gasteiger partial charge is 0.270 e. The first-order valence-electron chi connectivity index (χ1n) is 8.99. The van der Waals surface area contributed by atoms with Gasteiger partial charge in [0.2, 0.25) is 0 Å². The van der Waals surface area contributed by atoms with Crippen LogP contribution in [0.5, 0.6) is 0 Å². The third-order valence-electron chi connectivity index (χ3n) is 4.29. The van der Waals surface area contributed by atoms with Gasteiger partial charge in [0.05, 0.1) is 15.9 Å². The highest BCUT2D eigenvalue weighted by Crippen LogP contribution is 2.23. The topological polar surface area (TPSA) is 110 Å². The van der Waals surface area contributed by atoms with Crippen molar-refractivity contribution >= 4 is 15.5 Å². The van der Waals surface area contributed by atoms with E-state index in [1.54, 1.807) is 20.3 Å². The van der Waals surface area contributed by atoms with Crippen molar-refractivity contribution in [2.45, 2.75) is 36.6 Å².